The Morgan fingerprint density at radius 1 is 1.25 bits per heavy atom. The summed E-state index contributed by atoms with van der Waals surface area (Å²) < 4.78 is 1.81. The summed E-state index contributed by atoms with van der Waals surface area (Å²) in [4.78, 5) is 4.82. The fraction of sp³-hybridized carbons (Fsp3) is 0.200. The van der Waals surface area contributed by atoms with E-state index in [0.717, 1.165) is 27.8 Å². The Labute approximate surface area is 95.8 Å². The lowest BCUT2D eigenvalue weighted by Gasteiger charge is -1.92. The van der Waals surface area contributed by atoms with Crippen LogP contribution in [-0.4, -0.2) is 24.8 Å². The van der Waals surface area contributed by atoms with E-state index in [9.17, 15) is 0 Å². The van der Waals surface area contributed by atoms with Gasteiger partial charge in [0.15, 0.2) is 5.82 Å². The standard InChI is InChI=1S/C10H9N5S/c1-2-8-12-13-10-15(8)14-9(16-10)7-3-5-11-6-4-7/h3-6H,2H2,1H3. The van der Waals surface area contributed by atoms with Gasteiger partial charge in [-0.25, -0.2) is 0 Å². The van der Waals surface area contributed by atoms with Crippen molar-refractivity contribution in [2.45, 2.75) is 13.3 Å². The third-order valence-corrected chi connectivity index (χ3v) is 3.25. The van der Waals surface area contributed by atoms with E-state index >= 15 is 0 Å². The van der Waals surface area contributed by atoms with Gasteiger partial charge in [0.1, 0.15) is 5.01 Å². The largest absolute Gasteiger partial charge is 0.265 e. The van der Waals surface area contributed by atoms with Gasteiger partial charge in [-0.3, -0.25) is 4.98 Å². The number of rotatable bonds is 2. The molecule has 0 atom stereocenters. The van der Waals surface area contributed by atoms with E-state index in [0.29, 0.717) is 0 Å². The third kappa shape index (κ3) is 1.38. The highest BCUT2D eigenvalue weighted by molar-refractivity contribution is 7.19. The zero-order valence-electron chi connectivity index (χ0n) is 8.66. The predicted molar refractivity (Wildman–Crippen MR) is 61.3 cm³/mol. The fourth-order valence-corrected chi connectivity index (χ4v) is 2.35. The molecule has 3 rings (SSSR count). The number of pyridine rings is 1. The van der Waals surface area contributed by atoms with Crippen molar-refractivity contribution in [2.24, 2.45) is 0 Å². The summed E-state index contributed by atoms with van der Waals surface area (Å²) in [6.45, 7) is 2.04. The van der Waals surface area contributed by atoms with Crippen molar-refractivity contribution in [3.8, 4) is 10.6 Å². The van der Waals surface area contributed by atoms with E-state index in [1.807, 2.05) is 19.1 Å². The molecule has 3 heterocycles. The van der Waals surface area contributed by atoms with E-state index in [-0.39, 0.29) is 0 Å². The molecule has 6 heteroatoms. The highest BCUT2D eigenvalue weighted by Crippen LogP contribution is 2.24. The molecule has 0 amide bonds. The average molecular weight is 231 g/mol. The summed E-state index contributed by atoms with van der Waals surface area (Å²) in [6, 6.07) is 3.88. The van der Waals surface area contributed by atoms with Crippen LogP contribution in [0.2, 0.25) is 0 Å². The molecule has 0 fully saturated rings. The minimum absolute atomic E-state index is 0.834. The Hall–Kier alpha value is -1.82. The van der Waals surface area contributed by atoms with Crippen LogP contribution in [0.4, 0.5) is 0 Å². The highest BCUT2D eigenvalue weighted by atomic mass is 32.1. The number of aryl methyl sites for hydroxylation is 1. The monoisotopic (exact) mass is 231 g/mol. The molecule has 0 saturated carbocycles. The molecule has 80 valence electrons. The Morgan fingerprint density at radius 3 is 2.81 bits per heavy atom. The lowest BCUT2D eigenvalue weighted by atomic mass is 10.3. The molecule has 0 aliphatic carbocycles. The summed E-state index contributed by atoms with van der Waals surface area (Å²) in [6.07, 6.45) is 4.36. The van der Waals surface area contributed by atoms with Gasteiger partial charge in [0.05, 0.1) is 0 Å². The van der Waals surface area contributed by atoms with Crippen LogP contribution in [0.1, 0.15) is 12.7 Å². The van der Waals surface area contributed by atoms with Crippen LogP contribution in [0.15, 0.2) is 24.5 Å². The van der Waals surface area contributed by atoms with Gasteiger partial charge < -0.3 is 0 Å². The van der Waals surface area contributed by atoms with Crippen LogP contribution >= 0.6 is 11.3 Å². The van der Waals surface area contributed by atoms with Crippen molar-refractivity contribution < 1.29 is 0 Å². The van der Waals surface area contributed by atoms with E-state index in [1.54, 1.807) is 16.9 Å². The van der Waals surface area contributed by atoms with Gasteiger partial charge in [-0.2, -0.15) is 9.61 Å². The van der Waals surface area contributed by atoms with Crippen molar-refractivity contribution in [2.75, 3.05) is 0 Å². The maximum Gasteiger partial charge on any atom is 0.234 e. The van der Waals surface area contributed by atoms with Crippen LogP contribution in [0, 0.1) is 0 Å². The van der Waals surface area contributed by atoms with Gasteiger partial charge in [-0.05, 0) is 12.1 Å². The van der Waals surface area contributed by atoms with Gasteiger partial charge in [-0.1, -0.05) is 18.3 Å². The molecule has 0 saturated heterocycles. The molecule has 0 N–H and O–H groups in total. The molecule has 0 bridgehead atoms. The number of aromatic nitrogens is 5. The van der Waals surface area contributed by atoms with Crippen LogP contribution in [-0.2, 0) is 6.42 Å². The van der Waals surface area contributed by atoms with E-state index in [1.165, 1.54) is 11.3 Å². The molecule has 5 nitrogen and oxygen atoms in total. The van der Waals surface area contributed by atoms with Crippen molar-refractivity contribution in [1.29, 1.82) is 0 Å². The Bertz CT molecular complexity index is 612. The summed E-state index contributed by atoms with van der Waals surface area (Å²) >= 11 is 1.54. The molecule has 0 aromatic carbocycles. The Morgan fingerprint density at radius 2 is 2.06 bits per heavy atom. The first-order valence-electron chi connectivity index (χ1n) is 5.00. The molecule has 3 aromatic rings. The van der Waals surface area contributed by atoms with Crippen molar-refractivity contribution in [1.82, 2.24) is 24.8 Å². The minimum Gasteiger partial charge on any atom is -0.265 e. The number of hydrogen-bond donors (Lipinski definition) is 0. The van der Waals surface area contributed by atoms with E-state index < -0.39 is 0 Å². The maximum atomic E-state index is 4.50. The summed E-state index contributed by atoms with van der Waals surface area (Å²) in [7, 11) is 0. The molecule has 0 unspecified atom stereocenters. The van der Waals surface area contributed by atoms with Gasteiger partial charge >= 0.3 is 0 Å². The van der Waals surface area contributed by atoms with Crippen LogP contribution in [0.25, 0.3) is 15.5 Å². The molecule has 0 spiro atoms. The van der Waals surface area contributed by atoms with E-state index in [4.69, 9.17) is 0 Å². The van der Waals surface area contributed by atoms with Gasteiger partial charge in [0.25, 0.3) is 0 Å². The molecule has 0 aliphatic rings. The predicted octanol–water partition coefficient (Wildman–Crippen LogP) is 1.81. The normalized spacial score (nSPS) is 11.1. The van der Waals surface area contributed by atoms with Gasteiger partial charge in [-0.15, -0.1) is 10.2 Å². The quantitative estimate of drug-likeness (QED) is 0.675. The third-order valence-electron chi connectivity index (χ3n) is 2.30. The second kappa shape index (κ2) is 3.64. The second-order valence-electron chi connectivity index (χ2n) is 3.31. The highest BCUT2D eigenvalue weighted by Gasteiger charge is 2.10. The Kier molecular flexibility index (Phi) is 2.14. The average Bonchev–Trinajstić information content (AvgIpc) is 2.89. The second-order valence-corrected chi connectivity index (χ2v) is 4.26. The lowest BCUT2D eigenvalue weighted by molar-refractivity contribution is 0.838. The van der Waals surface area contributed by atoms with Crippen molar-refractivity contribution in [3.05, 3.63) is 30.4 Å². The zero-order chi connectivity index (χ0) is 11.0. The fourth-order valence-electron chi connectivity index (χ4n) is 1.49. The first-order valence-corrected chi connectivity index (χ1v) is 5.81. The van der Waals surface area contributed by atoms with Crippen molar-refractivity contribution in [3.63, 3.8) is 0 Å². The molecular formula is C10H9N5S. The number of nitrogens with zero attached hydrogens (tertiary/aromatic N) is 5. The number of fused-ring (bicyclic) bond motifs is 1. The van der Waals surface area contributed by atoms with Crippen molar-refractivity contribution >= 4 is 16.3 Å². The zero-order valence-corrected chi connectivity index (χ0v) is 9.48. The SMILES string of the molecule is CCc1nnc2sc(-c3ccncc3)nn12. The maximum absolute atomic E-state index is 4.50. The van der Waals surface area contributed by atoms with E-state index in [2.05, 4.69) is 20.3 Å². The van der Waals surface area contributed by atoms with Gasteiger partial charge in [0.2, 0.25) is 4.96 Å². The smallest absolute Gasteiger partial charge is 0.234 e. The molecule has 0 radical (unpaired) electrons. The molecular weight excluding hydrogens is 222 g/mol. The first-order chi connectivity index (χ1) is 7.88. The summed E-state index contributed by atoms with van der Waals surface area (Å²) in [5.41, 5.74) is 1.06. The minimum atomic E-state index is 0.834. The molecule has 0 aliphatic heterocycles. The van der Waals surface area contributed by atoms with Crippen LogP contribution in [0.5, 0.6) is 0 Å². The summed E-state index contributed by atoms with van der Waals surface area (Å²) in [5.74, 6) is 0.895. The lowest BCUT2D eigenvalue weighted by Crippen LogP contribution is -1.93. The number of hydrogen-bond acceptors (Lipinski definition) is 5. The van der Waals surface area contributed by atoms with Crippen LogP contribution in [0.3, 0.4) is 0 Å². The topological polar surface area (TPSA) is 56.0 Å². The van der Waals surface area contributed by atoms with Crippen LogP contribution < -0.4 is 0 Å². The van der Waals surface area contributed by atoms with Gasteiger partial charge in [0, 0.05) is 24.4 Å². The summed E-state index contributed by atoms with van der Waals surface area (Å²) in [5, 5.41) is 13.6. The molecule has 16 heavy (non-hydrogen) atoms. The molecule has 3 aromatic heterocycles. The first kappa shape index (κ1) is 9.41. The Balaban J connectivity index is 2.16.